The molecule has 0 aliphatic heterocycles. The Morgan fingerprint density at radius 3 is 2.17 bits per heavy atom. The lowest BCUT2D eigenvalue weighted by atomic mass is 10.1. The second kappa shape index (κ2) is 11.4. The fourth-order valence-electron chi connectivity index (χ4n) is 2.45. The van der Waals surface area contributed by atoms with Crippen LogP contribution in [0.5, 0.6) is 11.5 Å². The van der Waals surface area contributed by atoms with Crippen LogP contribution in [0, 0.1) is 0 Å². The molecule has 6 nitrogen and oxygen atoms in total. The molecule has 0 spiro atoms. The summed E-state index contributed by atoms with van der Waals surface area (Å²) < 4.78 is 10.7. The van der Waals surface area contributed by atoms with E-state index in [-0.39, 0.29) is 30.0 Å². The molecule has 0 fully saturated rings. The maximum absolute atomic E-state index is 6.08. The summed E-state index contributed by atoms with van der Waals surface area (Å²) in [6.45, 7) is 6.45. The molecule has 1 aromatic carbocycles. The Bertz CT molecular complexity index is 519. The highest BCUT2D eigenvalue weighted by Crippen LogP contribution is 2.31. The molecule has 0 bridgehead atoms. The number of nitrogens with zero attached hydrogens (tertiary/aromatic N) is 3. The van der Waals surface area contributed by atoms with Crippen molar-refractivity contribution in [3.63, 3.8) is 0 Å². The Hall–Kier alpha value is -1.22. The predicted octanol–water partition coefficient (Wildman–Crippen LogP) is 2.58. The standard InChI is InChI=1S/C17H30N4O2.HI/c1-7-21(8-2)17(18)19-12-14(20(3)4)13-9-10-15(22-5)16(11-13)23-6;/h9-11,14H,7-8,12H2,1-6H3,(H2,18,19);1H. The Kier molecular flexibility index (Phi) is 10.8. The Balaban J connectivity index is 0.00000529. The van der Waals surface area contributed by atoms with Crippen molar-refractivity contribution < 1.29 is 9.47 Å². The fourth-order valence-corrected chi connectivity index (χ4v) is 2.45. The van der Waals surface area contributed by atoms with Crippen molar-refractivity contribution in [1.82, 2.24) is 9.80 Å². The van der Waals surface area contributed by atoms with E-state index in [1.165, 1.54) is 0 Å². The predicted molar refractivity (Wildman–Crippen MR) is 111 cm³/mol. The zero-order valence-corrected chi connectivity index (χ0v) is 17.9. The van der Waals surface area contributed by atoms with Crippen molar-refractivity contribution >= 4 is 29.9 Å². The smallest absolute Gasteiger partial charge is 0.191 e. The highest BCUT2D eigenvalue weighted by molar-refractivity contribution is 14.0. The molecule has 1 aromatic rings. The zero-order valence-electron chi connectivity index (χ0n) is 15.6. The van der Waals surface area contributed by atoms with E-state index in [0.29, 0.717) is 12.5 Å². The molecule has 0 saturated heterocycles. The molecule has 0 amide bonds. The molecule has 1 unspecified atom stereocenters. The summed E-state index contributed by atoms with van der Waals surface area (Å²) in [7, 11) is 7.34. The van der Waals surface area contributed by atoms with Gasteiger partial charge in [-0.2, -0.15) is 0 Å². The Morgan fingerprint density at radius 1 is 1.12 bits per heavy atom. The summed E-state index contributed by atoms with van der Waals surface area (Å²) in [5.41, 5.74) is 7.19. The summed E-state index contributed by atoms with van der Waals surface area (Å²) in [6, 6.07) is 6.06. The SMILES string of the molecule is CCN(CC)C(N)=NCC(c1ccc(OC)c(OC)c1)N(C)C.I. The third-order valence-electron chi connectivity index (χ3n) is 3.93. The number of hydrogen-bond donors (Lipinski definition) is 1. The van der Waals surface area contributed by atoms with Gasteiger partial charge in [-0.3, -0.25) is 4.99 Å². The van der Waals surface area contributed by atoms with Crippen molar-refractivity contribution in [3.05, 3.63) is 23.8 Å². The number of nitrogens with two attached hydrogens (primary N) is 1. The molecule has 0 aliphatic carbocycles. The van der Waals surface area contributed by atoms with Gasteiger partial charge < -0.3 is 25.0 Å². The minimum absolute atomic E-state index is 0. The summed E-state index contributed by atoms with van der Waals surface area (Å²) in [5, 5.41) is 0. The van der Waals surface area contributed by atoms with Gasteiger partial charge in [-0.05, 0) is 45.6 Å². The van der Waals surface area contributed by atoms with Crippen LogP contribution < -0.4 is 15.2 Å². The van der Waals surface area contributed by atoms with Gasteiger partial charge in [0.25, 0.3) is 0 Å². The number of hydrogen-bond acceptors (Lipinski definition) is 4. The van der Waals surface area contributed by atoms with E-state index >= 15 is 0 Å². The lowest BCUT2D eigenvalue weighted by molar-refractivity contribution is 0.302. The molecule has 0 aromatic heterocycles. The van der Waals surface area contributed by atoms with Crippen LogP contribution in [-0.4, -0.2) is 63.7 Å². The molecule has 2 N–H and O–H groups in total. The second-order valence-electron chi connectivity index (χ2n) is 5.47. The van der Waals surface area contributed by atoms with Crippen LogP contribution in [0.15, 0.2) is 23.2 Å². The summed E-state index contributed by atoms with van der Waals surface area (Å²) >= 11 is 0. The van der Waals surface area contributed by atoms with Crippen LogP contribution >= 0.6 is 24.0 Å². The third kappa shape index (κ3) is 6.01. The van der Waals surface area contributed by atoms with Crippen molar-refractivity contribution in [2.24, 2.45) is 10.7 Å². The number of benzene rings is 1. The van der Waals surface area contributed by atoms with Gasteiger partial charge in [-0.25, -0.2) is 0 Å². The average Bonchev–Trinajstić information content (AvgIpc) is 2.55. The minimum Gasteiger partial charge on any atom is -0.493 e. The van der Waals surface area contributed by atoms with E-state index in [1.54, 1.807) is 14.2 Å². The molecule has 0 saturated carbocycles. The number of ether oxygens (including phenoxy) is 2. The first kappa shape index (κ1) is 22.8. The van der Waals surface area contributed by atoms with Crippen molar-refractivity contribution in [3.8, 4) is 11.5 Å². The molecular formula is C17H31IN4O2. The van der Waals surface area contributed by atoms with Crippen LogP contribution in [0.2, 0.25) is 0 Å². The largest absolute Gasteiger partial charge is 0.493 e. The van der Waals surface area contributed by atoms with Crippen LogP contribution in [0.1, 0.15) is 25.5 Å². The van der Waals surface area contributed by atoms with Gasteiger partial charge in [0.1, 0.15) is 0 Å². The topological polar surface area (TPSA) is 63.3 Å². The van der Waals surface area contributed by atoms with Gasteiger partial charge in [0.05, 0.1) is 26.8 Å². The normalized spacial score (nSPS) is 12.5. The van der Waals surface area contributed by atoms with Crippen molar-refractivity contribution in [2.45, 2.75) is 19.9 Å². The first-order chi connectivity index (χ1) is 11.0. The maximum atomic E-state index is 6.08. The number of rotatable bonds is 8. The summed E-state index contributed by atoms with van der Waals surface area (Å²) in [5.74, 6) is 2.03. The van der Waals surface area contributed by atoms with E-state index in [2.05, 4.69) is 23.7 Å². The molecule has 7 heteroatoms. The van der Waals surface area contributed by atoms with Crippen LogP contribution in [0.25, 0.3) is 0 Å². The summed E-state index contributed by atoms with van der Waals surface area (Å²) in [4.78, 5) is 8.74. The fraction of sp³-hybridized carbons (Fsp3) is 0.588. The first-order valence-corrected chi connectivity index (χ1v) is 7.91. The van der Waals surface area contributed by atoms with Gasteiger partial charge >= 0.3 is 0 Å². The second-order valence-corrected chi connectivity index (χ2v) is 5.47. The number of likely N-dealkylation sites (N-methyl/N-ethyl adjacent to an activating group) is 1. The van der Waals surface area contributed by atoms with E-state index in [4.69, 9.17) is 15.2 Å². The van der Waals surface area contributed by atoms with E-state index in [0.717, 1.165) is 30.2 Å². The molecule has 1 atom stereocenters. The highest BCUT2D eigenvalue weighted by atomic mass is 127. The molecule has 24 heavy (non-hydrogen) atoms. The average molecular weight is 450 g/mol. The number of guanidine groups is 1. The molecule has 138 valence electrons. The zero-order chi connectivity index (χ0) is 17.4. The van der Waals surface area contributed by atoms with Crippen LogP contribution in [0.4, 0.5) is 0 Å². The van der Waals surface area contributed by atoms with Gasteiger partial charge in [0.2, 0.25) is 0 Å². The Labute approximate surface area is 163 Å². The highest BCUT2D eigenvalue weighted by Gasteiger charge is 2.17. The van der Waals surface area contributed by atoms with Gasteiger partial charge in [0, 0.05) is 13.1 Å². The first-order valence-electron chi connectivity index (χ1n) is 7.91. The monoisotopic (exact) mass is 450 g/mol. The molecular weight excluding hydrogens is 419 g/mol. The lowest BCUT2D eigenvalue weighted by Gasteiger charge is -2.25. The van der Waals surface area contributed by atoms with E-state index in [1.807, 2.05) is 37.2 Å². The van der Waals surface area contributed by atoms with Crippen molar-refractivity contribution in [2.75, 3.05) is 47.9 Å². The van der Waals surface area contributed by atoms with Gasteiger partial charge in [0.15, 0.2) is 17.5 Å². The summed E-state index contributed by atoms with van der Waals surface area (Å²) in [6.07, 6.45) is 0. The minimum atomic E-state index is 0. The van der Waals surface area contributed by atoms with Crippen molar-refractivity contribution in [1.29, 1.82) is 0 Å². The maximum Gasteiger partial charge on any atom is 0.191 e. The molecule has 0 aliphatic rings. The number of aliphatic imine (C=N–C) groups is 1. The molecule has 0 radical (unpaired) electrons. The molecule has 0 heterocycles. The van der Waals surface area contributed by atoms with Gasteiger partial charge in [-0.1, -0.05) is 6.07 Å². The van der Waals surface area contributed by atoms with Crippen LogP contribution in [-0.2, 0) is 0 Å². The van der Waals surface area contributed by atoms with E-state index in [9.17, 15) is 0 Å². The number of halogens is 1. The quantitative estimate of drug-likeness (QED) is 0.375. The van der Waals surface area contributed by atoms with Gasteiger partial charge in [-0.15, -0.1) is 24.0 Å². The third-order valence-corrected chi connectivity index (χ3v) is 3.93. The van der Waals surface area contributed by atoms with Crippen LogP contribution in [0.3, 0.4) is 0 Å². The Morgan fingerprint density at radius 2 is 1.71 bits per heavy atom. The molecule has 1 rings (SSSR count). The lowest BCUT2D eigenvalue weighted by Crippen LogP contribution is -2.37. The van der Waals surface area contributed by atoms with E-state index < -0.39 is 0 Å². The number of methoxy groups -OCH3 is 2.